The Morgan fingerprint density at radius 2 is 1.76 bits per heavy atom. The molecule has 0 amide bonds. The maximum absolute atomic E-state index is 14.0. The first-order chi connectivity index (χ1) is 13.7. The number of carbonyl (C=O) groups is 2. The lowest BCUT2D eigenvalue weighted by Crippen LogP contribution is -2.20. The number of esters is 1. The number of anilines is 1. The third-order valence-electron chi connectivity index (χ3n) is 3.70. The van der Waals surface area contributed by atoms with Gasteiger partial charge in [0, 0.05) is 17.5 Å². The summed E-state index contributed by atoms with van der Waals surface area (Å²) in [6.07, 6.45) is 0.741. The number of aliphatic hydroxyl groups is 1. The van der Waals surface area contributed by atoms with Gasteiger partial charge in [-0.05, 0) is 31.2 Å². The maximum Gasteiger partial charge on any atom is 0.343 e. The van der Waals surface area contributed by atoms with Crippen LogP contribution in [0.4, 0.5) is 27.6 Å². The molecule has 0 aliphatic rings. The molecule has 2 rings (SSSR count). The molecule has 0 aromatic heterocycles. The Kier molecular flexibility index (Phi) is 7.05. The summed E-state index contributed by atoms with van der Waals surface area (Å²) < 4.78 is 71.9. The third-order valence-corrected chi connectivity index (χ3v) is 3.70. The van der Waals surface area contributed by atoms with E-state index < -0.39 is 58.6 Å². The van der Waals surface area contributed by atoms with Crippen LogP contribution in [0.5, 0.6) is 0 Å². The van der Waals surface area contributed by atoms with E-state index in [4.69, 9.17) is 0 Å². The van der Waals surface area contributed by atoms with E-state index in [1.807, 2.05) is 0 Å². The van der Waals surface area contributed by atoms with Crippen LogP contribution in [0.2, 0.25) is 0 Å². The van der Waals surface area contributed by atoms with Gasteiger partial charge in [0.05, 0.1) is 18.8 Å². The first-order valence-electron chi connectivity index (χ1n) is 8.12. The van der Waals surface area contributed by atoms with Crippen molar-refractivity contribution >= 4 is 17.4 Å². The van der Waals surface area contributed by atoms with Crippen LogP contribution in [0, 0.1) is 29.1 Å². The highest BCUT2D eigenvalue weighted by Crippen LogP contribution is 2.23. The van der Waals surface area contributed by atoms with Gasteiger partial charge in [-0.3, -0.25) is 4.79 Å². The van der Waals surface area contributed by atoms with Crippen molar-refractivity contribution in [1.29, 1.82) is 0 Å². The number of aliphatic hydroxyl groups excluding tert-OH is 1. The average Bonchev–Trinajstić information content (AvgIpc) is 2.70. The maximum atomic E-state index is 14.0. The highest BCUT2D eigenvalue weighted by Gasteiger charge is 2.28. The lowest BCUT2D eigenvalue weighted by molar-refractivity contribution is -0.138. The fourth-order valence-corrected chi connectivity index (χ4v) is 2.29. The summed E-state index contributed by atoms with van der Waals surface area (Å²) in [5.41, 5.74) is -1.96. The monoisotopic (exact) mass is 415 g/mol. The Labute approximate surface area is 161 Å². The molecule has 0 spiro atoms. The highest BCUT2D eigenvalue weighted by molar-refractivity contribution is 6.24. The van der Waals surface area contributed by atoms with E-state index in [0.29, 0.717) is 0 Å². The molecule has 5 nitrogen and oxygen atoms in total. The van der Waals surface area contributed by atoms with Gasteiger partial charge in [0.2, 0.25) is 5.78 Å². The van der Waals surface area contributed by atoms with Gasteiger partial charge in [0.1, 0.15) is 11.4 Å². The van der Waals surface area contributed by atoms with Gasteiger partial charge in [-0.2, -0.15) is 0 Å². The lowest BCUT2D eigenvalue weighted by atomic mass is 10.0. The molecule has 10 heteroatoms. The number of rotatable bonds is 7. The second kappa shape index (κ2) is 9.28. The number of hydrogen-bond donors (Lipinski definition) is 2. The SMILES string of the molecule is CCOC(=O)C(=CNc1ccc(F)cc1CO)C(=O)c1cc(F)c(F)c(F)c1F. The van der Waals surface area contributed by atoms with E-state index in [2.05, 4.69) is 10.1 Å². The summed E-state index contributed by atoms with van der Waals surface area (Å²) in [6, 6.07) is 3.29. The standard InChI is InChI=1S/C19H14F5NO4/c1-2-29-19(28)12(7-25-14-4-3-10(20)5-9(14)8-26)18(27)11-6-13(21)16(23)17(24)15(11)22/h3-7,25-26H,2,8H2,1H3. The smallest absolute Gasteiger partial charge is 0.343 e. The minimum atomic E-state index is -2.22. The van der Waals surface area contributed by atoms with Crippen molar-refractivity contribution in [3.63, 3.8) is 0 Å². The van der Waals surface area contributed by atoms with E-state index >= 15 is 0 Å². The van der Waals surface area contributed by atoms with Crippen molar-refractivity contribution < 1.29 is 41.4 Å². The van der Waals surface area contributed by atoms with Crippen LogP contribution in [0.15, 0.2) is 36.0 Å². The molecule has 2 aromatic rings. The summed E-state index contributed by atoms with van der Waals surface area (Å²) in [5.74, 6) is -11.6. The van der Waals surface area contributed by atoms with E-state index in [1.54, 1.807) is 0 Å². The molecular formula is C19H14F5NO4. The van der Waals surface area contributed by atoms with Crippen molar-refractivity contribution in [3.8, 4) is 0 Å². The molecule has 29 heavy (non-hydrogen) atoms. The summed E-state index contributed by atoms with van der Waals surface area (Å²) in [5, 5.41) is 11.7. The second-order valence-electron chi connectivity index (χ2n) is 5.56. The van der Waals surface area contributed by atoms with E-state index in [-0.39, 0.29) is 23.9 Å². The van der Waals surface area contributed by atoms with Crippen LogP contribution in [-0.4, -0.2) is 23.5 Å². The number of hydrogen-bond acceptors (Lipinski definition) is 5. The molecule has 0 fully saturated rings. The van der Waals surface area contributed by atoms with Crippen LogP contribution < -0.4 is 5.32 Å². The zero-order valence-electron chi connectivity index (χ0n) is 14.9. The number of carbonyl (C=O) groups excluding carboxylic acids is 2. The third kappa shape index (κ3) is 4.77. The largest absolute Gasteiger partial charge is 0.462 e. The van der Waals surface area contributed by atoms with Crippen LogP contribution in [0.25, 0.3) is 0 Å². The number of Topliss-reactive ketones (excluding diaryl/α,β-unsaturated/α-hetero) is 1. The van der Waals surface area contributed by atoms with Crippen molar-refractivity contribution in [2.45, 2.75) is 13.5 Å². The first kappa shape index (κ1) is 22.0. The van der Waals surface area contributed by atoms with Gasteiger partial charge in [0.25, 0.3) is 0 Å². The molecule has 0 saturated carbocycles. The number of ketones is 1. The lowest BCUT2D eigenvalue weighted by Gasteiger charge is -2.11. The molecule has 2 N–H and O–H groups in total. The van der Waals surface area contributed by atoms with Gasteiger partial charge in [-0.1, -0.05) is 0 Å². The quantitative estimate of drug-likeness (QED) is 0.106. The molecular weight excluding hydrogens is 401 g/mol. The fourth-order valence-electron chi connectivity index (χ4n) is 2.29. The van der Waals surface area contributed by atoms with Crippen LogP contribution in [0.3, 0.4) is 0 Å². The highest BCUT2D eigenvalue weighted by atomic mass is 19.2. The van der Waals surface area contributed by atoms with E-state index in [0.717, 1.165) is 18.3 Å². The molecule has 154 valence electrons. The topological polar surface area (TPSA) is 75.6 Å². The van der Waals surface area contributed by atoms with Gasteiger partial charge >= 0.3 is 5.97 Å². The molecule has 0 unspecified atom stereocenters. The first-order valence-corrected chi connectivity index (χ1v) is 8.12. The number of nitrogens with one attached hydrogen (secondary N) is 1. The zero-order chi connectivity index (χ0) is 21.7. The van der Waals surface area contributed by atoms with Gasteiger partial charge < -0.3 is 15.2 Å². The van der Waals surface area contributed by atoms with Crippen LogP contribution in [-0.2, 0) is 16.1 Å². The molecule has 0 radical (unpaired) electrons. The minimum absolute atomic E-state index is 0.0574. The normalized spacial score (nSPS) is 11.3. The summed E-state index contributed by atoms with van der Waals surface area (Å²) in [6.45, 7) is 0.630. The zero-order valence-corrected chi connectivity index (χ0v) is 14.9. The van der Waals surface area contributed by atoms with Gasteiger partial charge in [-0.15, -0.1) is 0 Å². The van der Waals surface area contributed by atoms with Crippen molar-refractivity contribution in [1.82, 2.24) is 0 Å². The second-order valence-corrected chi connectivity index (χ2v) is 5.56. The van der Waals surface area contributed by atoms with Crippen molar-refractivity contribution in [2.75, 3.05) is 11.9 Å². The predicted octanol–water partition coefficient (Wildman–Crippen LogP) is 3.62. The van der Waals surface area contributed by atoms with Gasteiger partial charge in [0.15, 0.2) is 23.3 Å². The fraction of sp³-hybridized carbons (Fsp3) is 0.158. The van der Waals surface area contributed by atoms with Crippen molar-refractivity contribution in [3.05, 3.63) is 76.3 Å². The van der Waals surface area contributed by atoms with Gasteiger partial charge in [-0.25, -0.2) is 26.7 Å². The van der Waals surface area contributed by atoms with E-state index in [1.165, 1.54) is 13.0 Å². The Bertz CT molecular complexity index is 991. The Morgan fingerprint density at radius 3 is 2.38 bits per heavy atom. The molecule has 0 aliphatic carbocycles. The molecule has 0 bridgehead atoms. The molecule has 0 aliphatic heterocycles. The van der Waals surface area contributed by atoms with Crippen LogP contribution >= 0.6 is 0 Å². The Morgan fingerprint density at radius 1 is 1.07 bits per heavy atom. The predicted molar refractivity (Wildman–Crippen MR) is 91.3 cm³/mol. The summed E-state index contributed by atoms with van der Waals surface area (Å²) in [7, 11) is 0. The average molecular weight is 415 g/mol. The molecule has 0 atom stereocenters. The molecule has 2 aromatic carbocycles. The van der Waals surface area contributed by atoms with Crippen LogP contribution in [0.1, 0.15) is 22.8 Å². The van der Waals surface area contributed by atoms with Crippen molar-refractivity contribution in [2.24, 2.45) is 0 Å². The number of benzene rings is 2. The number of ether oxygens (including phenoxy) is 1. The Balaban J connectivity index is 2.50. The van der Waals surface area contributed by atoms with E-state index in [9.17, 15) is 36.6 Å². The number of halogens is 5. The molecule has 0 saturated heterocycles. The minimum Gasteiger partial charge on any atom is -0.462 e. The summed E-state index contributed by atoms with van der Waals surface area (Å²) in [4.78, 5) is 24.6. The summed E-state index contributed by atoms with van der Waals surface area (Å²) >= 11 is 0. The Hall–Kier alpha value is -3.27. The molecule has 0 heterocycles.